The fourth-order valence-corrected chi connectivity index (χ4v) is 2.94. The Balaban J connectivity index is 1.80. The van der Waals surface area contributed by atoms with Crippen LogP contribution < -0.4 is 11.0 Å². The molecule has 1 fully saturated rings. The van der Waals surface area contributed by atoms with Crippen molar-refractivity contribution in [3.8, 4) is 0 Å². The zero-order valence-corrected chi connectivity index (χ0v) is 12.1. The number of para-hydroxylation sites is 2. The Morgan fingerprint density at radius 2 is 2.24 bits per heavy atom. The topological polar surface area (TPSA) is 70.1 Å². The molecular weight excluding hydrogens is 268 g/mol. The second kappa shape index (κ2) is 5.73. The number of imidazole rings is 1. The molecule has 6 heteroatoms. The first-order valence-corrected chi connectivity index (χ1v) is 7.31. The highest BCUT2D eigenvalue weighted by Gasteiger charge is 2.23. The second-order valence-corrected chi connectivity index (χ2v) is 5.50. The first-order valence-electron chi connectivity index (χ1n) is 7.31. The van der Waals surface area contributed by atoms with Gasteiger partial charge in [-0.25, -0.2) is 4.79 Å². The third-order valence-corrected chi connectivity index (χ3v) is 4.16. The lowest BCUT2D eigenvalue weighted by atomic mass is 10.1. The number of likely N-dealkylation sites (N-methyl/N-ethyl adjacent to an activating group) is 1. The van der Waals surface area contributed by atoms with Gasteiger partial charge in [-0.2, -0.15) is 0 Å². The molecule has 1 unspecified atom stereocenters. The van der Waals surface area contributed by atoms with Crippen LogP contribution in [-0.4, -0.2) is 46.5 Å². The number of carbonyl (C=O) groups excluding carboxylic acids is 1. The Morgan fingerprint density at radius 1 is 1.43 bits per heavy atom. The number of amides is 1. The predicted molar refractivity (Wildman–Crippen MR) is 81.2 cm³/mol. The lowest BCUT2D eigenvalue weighted by molar-refractivity contribution is -0.133. The van der Waals surface area contributed by atoms with Crippen LogP contribution in [0.15, 0.2) is 29.1 Å². The van der Waals surface area contributed by atoms with Crippen molar-refractivity contribution in [2.45, 2.75) is 25.4 Å². The van der Waals surface area contributed by atoms with E-state index in [1.165, 1.54) is 4.57 Å². The van der Waals surface area contributed by atoms with E-state index in [4.69, 9.17) is 0 Å². The zero-order chi connectivity index (χ0) is 14.8. The molecule has 1 aromatic carbocycles. The van der Waals surface area contributed by atoms with Crippen LogP contribution in [0.3, 0.4) is 0 Å². The molecule has 0 saturated carbocycles. The van der Waals surface area contributed by atoms with E-state index in [1.54, 1.807) is 0 Å². The number of H-pyrrole nitrogens is 1. The van der Waals surface area contributed by atoms with E-state index in [-0.39, 0.29) is 18.1 Å². The molecule has 1 aliphatic heterocycles. The molecule has 1 aliphatic rings. The number of likely N-dealkylation sites (tertiary alicyclic amines) is 1. The number of piperidine rings is 1. The zero-order valence-electron chi connectivity index (χ0n) is 12.1. The molecule has 6 nitrogen and oxygen atoms in total. The summed E-state index contributed by atoms with van der Waals surface area (Å²) in [5, 5.41) is 3.22. The first-order chi connectivity index (χ1) is 10.2. The highest BCUT2D eigenvalue weighted by molar-refractivity contribution is 5.80. The van der Waals surface area contributed by atoms with Gasteiger partial charge in [-0.15, -0.1) is 0 Å². The number of aromatic nitrogens is 2. The summed E-state index contributed by atoms with van der Waals surface area (Å²) in [4.78, 5) is 29.1. The summed E-state index contributed by atoms with van der Waals surface area (Å²) in [5.41, 5.74) is 1.31. The van der Waals surface area contributed by atoms with E-state index in [9.17, 15) is 9.59 Å². The van der Waals surface area contributed by atoms with E-state index in [0.29, 0.717) is 12.6 Å². The molecule has 1 amide bonds. The van der Waals surface area contributed by atoms with Gasteiger partial charge in [0, 0.05) is 19.1 Å². The highest BCUT2D eigenvalue weighted by Crippen LogP contribution is 2.12. The normalized spacial score (nSPS) is 19.1. The van der Waals surface area contributed by atoms with Crippen LogP contribution in [0.25, 0.3) is 11.0 Å². The Labute approximate surface area is 122 Å². The van der Waals surface area contributed by atoms with Crippen molar-refractivity contribution >= 4 is 16.9 Å². The van der Waals surface area contributed by atoms with Crippen molar-refractivity contribution in [1.29, 1.82) is 0 Å². The molecule has 2 heterocycles. The van der Waals surface area contributed by atoms with Crippen molar-refractivity contribution in [1.82, 2.24) is 19.8 Å². The third-order valence-electron chi connectivity index (χ3n) is 4.16. The van der Waals surface area contributed by atoms with Gasteiger partial charge in [-0.05, 0) is 32.0 Å². The van der Waals surface area contributed by atoms with E-state index in [1.807, 2.05) is 36.2 Å². The first kappa shape index (κ1) is 13.9. The Kier molecular flexibility index (Phi) is 3.79. The maximum atomic E-state index is 12.4. The van der Waals surface area contributed by atoms with Crippen LogP contribution in [-0.2, 0) is 11.3 Å². The number of hydrogen-bond donors (Lipinski definition) is 2. The maximum absolute atomic E-state index is 12.4. The molecular formula is C15H20N4O2. The molecule has 0 bridgehead atoms. The Morgan fingerprint density at radius 3 is 3.05 bits per heavy atom. The minimum Gasteiger partial charge on any atom is -0.340 e. The molecule has 1 aromatic heterocycles. The van der Waals surface area contributed by atoms with E-state index < -0.39 is 0 Å². The van der Waals surface area contributed by atoms with Crippen LogP contribution in [0.2, 0.25) is 0 Å². The minimum atomic E-state index is -0.230. The van der Waals surface area contributed by atoms with E-state index >= 15 is 0 Å². The molecule has 0 radical (unpaired) electrons. The Hall–Kier alpha value is -2.08. The molecule has 112 valence electrons. The maximum Gasteiger partial charge on any atom is 0.326 e. The number of carbonyl (C=O) groups is 1. The van der Waals surface area contributed by atoms with Crippen molar-refractivity contribution in [2.24, 2.45) is 0 Å². The van der Waals surface area contributed by atoms with Crippen LogP contribution in [0.5, 0.6) is 0 Å². The highest BCUT2D eigenvalue weighted by atomic mass is 16.2. The van der Waals surface area contributed by atoms with Crippen LogP contribution in [0.4, 0.5) is 0 Å². The number of rotatable bonds is 3. The molecule has 1 saturated heterocycles. The van der Waals surface area contributed by atoms with E-state index in [0.717, 1.165) is 30.4 Å². The lowest BCUT2D eigenvalue weighted by Gasteiger charge is -2.32. The number of benzene rings is 1. The molecule has 3 rings (SSSR count). The SMILES string of the molecule is CNC1CCCN(C(=O)Cn2c(=O)[nH]c3ccccc32)C1. The predicted octanol–water partition coefficient (Wildman–Crippen LogP) is 0.540. The van der Waals surface area contributed by atoms with Gasteiger partial charge in [0.25, 0.3) is 0 Å². The minimum absolute atomic E-state index is 0.00167. The summed E-state index contributed by atoms with van der Waals surface area (Å²) in [5.74, 6) is 0.00167. The quantitative estimate of drug-likeness (QED) is 0.866. The van der Waals surface area contributed by atoms with Gasteiger partial charge in [0.1, 0.15) is 6.54 Å². The fourth-order valence-electron chi connectivity index (χ4n) is 2.94. The summed E-state index contributed by atoms with van der Waals surface area (Å²) in [6, 6.07) is 7.78. The molecule has 0 spiro atoms. The van der Waals surface area contributed by atoms with Crippen LogP contribution >= 0.6 is 0 Å². The molecule has 21 heavy (non-hydrogen) atoms. The fraction of sp³-hybridized carbons (Fsp3) is 0.467. The number of nitrogens with zero attached hydrogens (tertiary/aromatic N) is 2. The number of nitrogens with one attached hydrogen (secondary N) is 2. The van der Waals surface area contributed by atoms with Gasteiger partial charge in [-0.3, -0.25) is 9.36 Å². The Bertz CT molecular complexity index is 703. The van der Waals surface area contributed by atoms with Gasteiger partial charge >= 0.3 is 5.69 Å². The van der Waals surface area contributed by atoms with Crippen molar-refractivity contribution in [3.63, 3.8) is 0 Å². The van der Waals surface area contributed by atoms with E-state index in [2.05, 4.69) is 10.3 Å². The number of hydrogen-bond acceptors (Lipinski definition) is 3. The average molecular weight is 288 g/mol. The van der Waals surface area contributed by atoms with Crippen LogP contribution in [0, 0.1) is 0 Å². The summed E-state index contributed by atoms with van der Waals surface area (Å²) >= 11 is 0. The van der Waals surface area contributed by atoms with Crippen LogP contribution in [0.1, 0.15) is 12.8 Å². The summed E-state index contributed by atoms with van der Waals surface area (Å²) in [6.07, 6.45) is 2.09. The van der Waals surface area contributed by atoms with Gasteiger partial charge in [0.15, 0.2) is 0 Å². The number of fused-ring (bicyclic) bond motifs is 1. The standard InChI is InChI=1S/C15H20N4O2/c1-16-11-5-4-8-18(9-11)14(20)10-19-13-7-3-2-6-12(13)17-15(19)21/h2-3,6-7,11,16H,4-5,8-10H2,1H3,(H,17,21). The second-order valence-electron chi connectivity index (χ2n) is 5.50. The van der Waals surface area contributed by atoms with Gasteiger partial charge in [0.05, 0.1) is 11.0 Å². The largest absolute Gasteiger partial charge is 0.340 e. The molecule has 0 aliphatic carbocycles. The van der Waals surface area contributed by atoms with Crippen molar-refractivity contribution < 1.29 is 4.79 Å². The lowest BCUT2D eigenvalue weighted by Crippen LogP contribution is -2.48. The summed E-state index contributed by atoms with van der Waals surface area (Å²) < 4.78 is 1.51. The third kappa shape index (κ3) is 2.71. The molecule has 2 N–H and O–H groups in total. The van der Waals surface area contributed by atoms with Gasteiger partial charge < -0.3 is 15.2 Å². The molecule has 1 atom stereocenters. The smallest absolute Gasteiger partial charge is 0.326 e. The van der Waals surface area contributed by atoms with Crippen molar-refractivity contribution in [2.75, 3.05) is 20.1 Å². The monoisotopic (exact) mass is 288 g/mol. The van der Waals surface area contributed by atoms with Crippen molar-refractivity contribution in [3.05, 3.63) is 34.7 Å². The molecule has 2 aromatic rings. The van der Waals surface area contributed by atoms with Gasteiger partial charge in [0.2, 0.25) is 5.91 Å². The summed E-state index contributed by atoms with van der Waals surface area (Å²) in [6.45, 7) is 1.58. The van der Waals surface area contributed by atoms with Gasteiger partial charge in [-0.1, -0.05) is 12.1 Å². The number of aromatic amines is 1. The summed E-state index contributed by atoms with van der Waals surface area (Å²) in [7, 11) is 1.92. The average Bonchev–Trinajstić information content (AvgIpc) is 2.83.